The van der Waals surface area contributed by atoms with Gasteiger partial charge in [0.25, 0.3) is 0 Å². The Hall–Kier alpha value is -0.573. The number of hydrogen-bond acceptors (Lipinski definition) is 0. The Morgan fingerprint density at radius 2 is 1.86 bits per heavy atom. The molecule has 1 rings (SSSR count). The first-order chi connectivity index (χ1) is 6.43. The molecule has 0 aromatic heterocycles. The molecule has 70 valence electrons. The van der Waals surface area contributed by atoms with Gasteiger partial charge in [0.1, 0.15) is 0 Å². The van der Waals surface area contributed by atoms with E-state index in [1.54, 1.807) is 0 Å². The van der Waals surface area contributed by atoms with E-state index in [4.69, 9.17) is 0 Å². The van der Waals surface area contributed by atoms with Crippen LogP contribution in [-0.4, -0.2) is 0 Å². The minimum Gasteiger partial charge on any atom is -0.192 e. The van der Waals surface area contributed by atoms with Crippen molar-refractivity contribution in [3.63, 3.8) is 0 Å². The van der Waals surface area contributed by atoms with Crippen LogP contribution in [0.3, 0.4) is 0 Å². The van der Waals surface area contributed by atoms with Crippen molar-refractivity contribution < 1.29 is 18.9 Å². The molecule has 0 radical (unpaired) electrons. The monoisotopic (exact) mass is 180 g/mol. The van der Waals surface area contributed by atoms with E-state index < -0.39 is 0 Å². The fourth-order valence-corrected chi connectivity index (χ4v) is 1.29. The van der Waals surface area contributed by atoms with Crippen molar-refractivity contribution in [3.8, 4) is 0 Å². The third-order valence-corrected chi connectivity index (χ3v) is 2.04. The molecule has 0 spiro atoms. The second-order valence-electron chi connectivity index (χ2n) is 3.19. The Bertz CT molecular complexity index is 228. The van der Waals surface area contributed by atoms with Gasteiger partial charge in [-0.1, -0.05) is 31.4 Å². The Kier molecular flexibility index (Phi) is 8.63. The first-order valence-corrected chi connectivity index (χ1v) is 4.92. The molecule has 0 aliphatic rings. The molecule has 0 N–H and O–H groups in total. The van der Waals surface area contributed by atoms with Crippen LogP contribution in [0, 0.1) is 6.42 Å². The van der Waals surface area contributed by atoms with Gasteiger partial charge in [-0.3, -0.25) is 0 Å². The maximum atomic E-state index is 3.71. The zero-order chi connectivity index (χ0) is 9.36. The molecule has 0 saturated heterocycles. The summed E-state index contributed by atoms with van der Waals surface area (Å²) in [5, 5.41) is 0. The SMILES string of the molecule is C=CCCCC[CH-]c1ccccc1.[Li+]. The van der Waals surface area contributed by atoms with Gasteiger partial charge in [0, 0.05) is 0 Å². The summed E-state index contributed by atoms with van der Waals surface area (Å²) in [6.07, 6.45) is 9.12. The van der Waals surface area contributed by atoms with Gasteiger partial charge < -0.3 is 0 Å². The van der Waals surface area contributed by atoms with Gasteiger partial charge in [-0.25, -0.2) is 0 Å². The zero-order valence-electron chi connectivity index (χ0n) is 9.08. The zero-order valence-corrected chi connectivity index (χ0v) is 9.08. The van der Waals surface area contributed by atoms with E-state index in [0.717, 1.165) is 6.42 Å². The molecular formula is C13H17Li. The predicted molar refractivity (Wildman–Crippen MR) is 58.5 cm³/mol. The van der Waals surface area contributed by atoms with Crippen LogP contribution < -0.4 is 18.9 Å². The van der Waals surface area contributed by atoms with Crippen LogP contribution in [-0.2, 0) is 0 Å². The molecule has 0 nitrogen and oxygen atoms in total. The van der Waals surface area contributed by atoms with E-state index in [9.17, 15) is 0 Å². The fraction of sp³-hybridized carbons (Fsp3) is 0.308. The maximum Gasteiger partial charge on any atom is 1.00 e. The van der Waals surface area contributed by atoms with Crippen molar-refractivity contribution in [2.75, 3.05) is 0 Å². The molecule has 0 unspecified atom stereocenters. The average Bonchev–Trinajstić information content (AvgIpc) is 2.19. The van der Waals surface area contributed by atoms with Crippen LogP contribution in [0.1, 0.15) is 31.2 Å². The summed E-state index contributed by atoms with van der Waals surface area (Å²) < 4.78 is 0. The summed E-state index contributed by atoms with van der Waals surface area (Å²) in [7, 11) is 0. The van der Waals surface area contributed by atoms with Crippen molar-refractivity contribution in [2.45, 2.75) is 25.7 Å². The normalized spacial score (nSPS) is 8.86. The molecule has 0 bridgehead atoms. The van der Waals surface area contributed by atoms with Gasteiger partial charge in [0.05, 0.1) is 0 Å². The van der Waals surface area contributed by atoms with Gasteiger partial charge in [0.15, 0.2) is 0 Å². The molecule has 1 aromatic rings. The number of hydrogen-bond donors (Lipinski definition) is 0. The third kappa shape index (κ3) is 5.97. The van der Waals surface area contributed by atoms with Gasteiger partial charge in [-0.15, -0.1) is 18.7 Å². The second-order valence-corrected chi connectivity index (χ2v) is 3.19. The predicted octanol–water partition coefficient (Wildman–Crippen LogP) is 0.989. The Balaban J connectivity index is 0.00000169. The maximum absolute atomic E-state index is 3.71. The minimum atomic E-state index is 0. The number of benzene rings is 1. The summed E-state index contributed by atoms with van der Waals surface area (Å²) in [4.78, 5) is 0. The summed E-state index contributed by atoms with van der Waals surface area (Å²) in [5.74, 6) is 0. The van der Waals surface area contributed by atoms with E-state index in [0.29, 0.717) is 0 Å². The molecule has 0 amide bonds. The largest absolute Gasteiger partial charge is 1.00 e. The van der Waals surface area contributed by atoms with Gasteiger partial charge in [-0.2, -0.15) is 24.1 Å². The van der Waals surface area contributed by atoms with Gasteiger partial charge in [-0.05, 0) is 6.42 Å². The third-order valence-electron chi connectivity index (χ3n) is 2.04. The smallest absolute Gasteiger partial charge is 0.192 e. The van der Waals surface area contributed by atoms with E-state index >= 15 is 0 Å². The Morgan fingerprint density at radius 3 is 2.50 bits per heavy atom. The molecule has 14 heavy (non-hydrogen) atoms. The summed E-state index contributed by atoms with van der Waals surface area (Å²) in [5.41, 5.74) is 1.33. The van der Waals surface area contributed by atoms with Crippen LogP contribution in [0.2, 0.25) is 0 Å². The average molecular weight is 180 g/mol. The minimum absolute atomic E-state index is 0. The van der Waals surface area contributed by atoms with Gasteiger partial charge >= 0.3 is 18.9 Å². The van der Waals surface area contributed by atoms with Crippen molar-refractivity contribution in [3.05, 3.63) is 55.0 Å². The molecule has 0 aliphatic carbocycles. The topological polar surface area (TPSA) is 0 Å². The van der Waals surface area contributed by atoms with Crippen molar-refractivity contribution >= 4 is 0 Å². The molecular weight excluding hydrogens is 163 g/mol. The number of allylic oxidation sites excluding steroid dienone is 1. The summed E-state index contributed by atoms with van der Waals surface area (Å²) in [6, 6.07) is 10.5. The van der Waals surface area contributed by atoms with Crippen LogP contribution in [0.4, 0.5) is 0 Å². The first kappa shape index (κ1) is 13.4. The first-order valence-electron chi connectivity index (χ1n) is 4.92. The summed E-state index contributed by atoms with van der Waals surface area (Å²) >= 11 is 0. The van der Waals surface area contributed by atoms with E-state index in [-0.39, 0.29) is 18.9 Å². The summed E-state index contributed by atoms with van der Waals surface area (Å²) in [6.45, 7) is 3.71. The molecule has 0 aliphatic heterocycles. The van der Waals surface area contributed by atoms with Gasteiger partial charge in [0.2, 0.25) is 0 Å². The Morgan fingerprint density at radius 1 is 1.14 bits per heavy atom. The van der Waals surface area contributed by atoms with Crippen molar-refractivity contribution in [2.24, 2.45) is 0 Å². The van der Waals surface area contributed by atoms with E-state index in [2.05, 4.69) is 43.3 Å². The standard InChI is InChI=1S/C13H17.Li/c1-2-3-4-5-7-10-13-11-8-6-9-12-13;/h2,6,8-12H,1,3-5,7H2;/q-1;+1. The number of unbranched alkanes of at least 4 members (excludes halogenated alkanes) is 3. The van der Waals surface area contributed by atoms with Crippen molar-refractivity contribution in [1.82, 2.24) is 0 Å². The Labute approximate surface area is 99.6 Å². The molecule has 0 fully saturated rings. The van der Waals surface area contributed by atoms with Crippen LogP contribution in [0.5, 0.6) is 0 Å². The van der Waals surface area contributed by atoms with E-state index in [1.165, 1.54) is 24.8 Å². The van der Waals surface area contributed by atoms with Crippen LogP contribution in [0.15, 0.2) is 43.0 Å². The van der Waals surface area contributed by atoms with Crippen LogP contribution in [0.25, 0.3) is 0 Å². The number of rotatable bonds is 6. The molecule has 0 saturated carbocycles. The molecule has 0 atom stereocenters. The molecule has 0 heterocycles. The van der Waals surface area contributed by atoms with Crippen LogP contribution >= 0.6 is 0 Å². The fourth-order valence-electron chi connectivity index (χ4n) is 1.29. The molecule has 1 aromatic carbocycles. The van der Waals surface area contributed by atoms with Crippen molar-refractivity contribution in [1.29, 1.82) is 0 Å². The quantitative estimate of drug-likeness (QED) is 0.265. The van der Waals surface area contributed by atoms with E-state index in [1.807, 2.05) is 6.08 Å². The second kappa shape index (κ2) is 9.00. The molecule has 1 heteroatoms.